The lowest BCUT2D eigenvalue weighted by molar-refractivity contribution is -0.00233. The molecule has 0 N–H and O–H groups in total. The van der Waals surface area contributed by atoms with E-state index in [1.165, 1.54) is 0 Å². The lowest BCUT2D eigenvalue weighted by atomic mass is 10.1. The number of ether oxygens (including phenoxy) is 2. The van der Waals surface area contributed by atoms with E-state index in [1.54, 1.807) is 11.6 Å². The summed E-state index contributed by atoms with van der Waals surface area (Å²) in [6, 6.07) is 7.48. The van der Waals surface area contributed by atoms with Crippen LogP contribution in [0.25, 0.3) is 0 Å². The van der Waals surface area contributed by atoms with Crippen LogP contribution in [-0.2, 0) is 22.6 Å². The third kappa shape index (κ3) is 2.77. The van der Waals surface area contributed by atoms with Crippen LogP contribution in [0.5, 0.6) is 0 Å². The highest BCUT2D eigenvalue weighted by molar-refractivity contribution is 6.30. The van der Waals surface area contributed by atoms with E-state index >= 15 is 0 Å². The smallest absolute Gasteiger partial charge is 0.360 e. The van der Waals surface area contributed by atoms with Crippen molar-refractivity contribution in [2.24, 2.45) is 0 Å². The summed E-state index contributed by atoms with van der Waals surface area (Å²) in [5, 5.41) is 8.59. The van der Waals surface area contributed by atoms with Gasteiger partial charge in [0.25, 0.3) is 0 Å². The number of esters is 1. The van der Waals surface area contributed by atoms with E-state index in [4.69, 9.17) is 21.1 Å². The number of carbonyl (C=O) groups is 1. The van der Waals surface area contributed by atoms with E-state index in [1.807, 2.05) is 24.3 Å². The van der Waals surface area contributed by atoms with Crippen LogP contribution in [-0.4, -0.2) is 27.6 Å². The number of benzene rings is 1. The number of aromatic nitrogens is 3. The van der Waals surface area contributed by atoms with Crippen molar-refractivity contribution in [3.63, 3.8) is 0 Å². The Kier molecular flexibility index (Phi) is 3.90. The summed E-state index contributed by atoms with van der Waals surface area (Å²) >= 11 is 5.88. The zero-order chi connectivity index (χ0) is 14.8. The first-order chi connectivity index (χ1) is 10.2. The molecule has 0 saturated heterocycles. The SMILES string of the molecule is CCOC(=O)c1nnn2c1CO[C@H](c1ccc(Cl)cc1)C2. The van der Waals surface area contributed by atoms with Gasteiger partial charge in [0.1, 0.15) is 6.10 Å². The summed E-state index contributed by atoms with van der Waals surface area (Å²) in [5.74, 6) is -0.465. The van der Waals surface area contributed by atoms with Crippen LogP contribution in [0.15, 0.2) is 24.3 Å². The topological polar surface area (TPSA) is 66.2 Å². The summed E-state index contributed by atoms with van der Waals surface area (Å²) in [5.41, 5.74) is 1.89. The van der Waals surface area contributed by atoms with Crippen LogP contribution in [0.2, 0.25) is 5.02 Å². The fourth-order valence-corrected chi connectivity index (χ4v) is 2.37. The van der Waals surface area contributed by atoms with Crippen molar-refractivity contribution >= 4 is 17.6 Å². The molecule has 1 aliphatic rings. The van der Waals surface area contributed by atoms with Crippen LogP contribution >= 0.6 is 11.6 Å². The normalized spacial score (nSPS) is 17.3. The summed E-state index contributed by atoms with van der Waals surface area (Å²) < 4.78 is 12.4. The second kappa shape index (κ2) is 5.83. The van der Waals surface area contributed by atoms with E-state index < -0.39 is 5.97 Å². The Bertz CT molecular complexity index is 654. The van der Waals surface area contributed by atoms with Gasteiger partial charge in [-0.25, -0.2) is 9.48 Å². The molecule has 0 amide bonds. The van der Waals surface area contributed by atoms with Crippen LogP contribution in [0.4, 0.5) is 0 Å². The number of rotatable bonds is 3. The first kappa shape index (κ1) is 14.0. The van der Waals surface area contributed by atoms with Gasteiger partial charge in [-0.15, -0.1) is 5.10 Å². The van der Waals surface area contributed by atoms with E-state index in [2.05, 4.69) is 10.3 Å². The second-order valence-corrected chi connectivity index (χ2v) is 5.07. The molecule has 110 valence electrons. The molecule has 0 saturated carbocycles. The lowest BCUT2D eigenvalue weighted by Crippen LogP contribution is -2.23. The van der Waals surface area contributed by atoms with Gasteiger partial charge in [-0.3, -0.25) is 0 Å². The van der Waals surface area contributed by atoms with Gasteiger partial charge in [-0.2, -0.15) is 0 Å². The third-order valence-corrected chi connectivity index (χ3v) is 3.56. The Morgan fingerprint density at radius 2 is 2.24 bits per heavy atom. The standard InChI is InChI=1S/C14H14ClN3O3/c1-2-20-14(19)13-11-8-21-12(7-18(11)17-16-13)9-3-5-10(15)6-4-9/h3-6,12H,2,7-8H2,1H3/t12-/m0/s1. The van der Waals surface area contributed by atoms with Crippen LogP contribution < -0.4 is 0 Å². The Balaban J connectivity index is 1.80. The van der Waals surface area contributed by atoms with Gasteiger partial charge in [0.15, 0.2) is 5.69 Å². The number of fused-ring (bicyclic) bond motifs is 1. The zero-order valence-electron chi connectivity index (χ0n) is 11.5. The molecule has 1 atom stereocenters. The van der Waals surface area contributed by atoms with E-state index in [0.717, 1.165) is 5.56 Å². The van der Waals surface area contributed by atoms with Crippen LogP contribution in [0, 0.1) is 0 Å². The number of hydrogen-bond acceptors (Lipinski definition) is 5. The molecule has 0 radical (unpaired) electrons. The molecule has 0 unspecified atom stereocenters. The van der Waals surface area contributed by atoms with Gasteiger partial charge in [-0.05, 0) is 24.6 Å². The third-order valence-electron chi connectivity index (χ3n) is 3.31. The molecular formula is C14H14ClN3O3. The molecule has 0 spiro atoms. The highest BCUT2D eigenvalue weighted by atomic mass is 35.5. The Morgan fingerprint density at radius 3 is 2.95 bits per heavy atom. The maximum atomic E-state index is 11.8. The minimum atomic E-state index is -0.465. The molecule has 6 nitrogen and oxygen atoms in total. The quantitative estimate of drug-likeness (QED) is 0.815. The predicted octanol–water partition coefficient (Wildman–Crippen LogP) is 2.38. The highest BCUT2D eigenvalue weighted by Crippen LogP contribution is 2.27. The molecule has 1 aliphatic heterocycles. The van der Waals surface area contributed by atoms with Gasteiger partial charge in [0, 0.05) is 5.02 Å². The van der Waals surface area contributed by atoms with Crippen LogP contribution in [0.3, 0.4) is 0 Å². The number of halogens is 1. The first-order valence-corrected chi connectivity index (χ1v) is 7.03. The minimum Gasteiger partial charge on any atom is -0.461 e. The van der Waals surface area contributed by atoms with Crippen molar-refractivity contribution in [2.75, 3.05) is 6.61 Å². The molecule has 0 aliphatic carbocycles. The first-order valence-electron chi connectivity index (χ1n) is 6.65. The van der Waals surface area contributed by atoms with Crippen LogP contribution in [0.1, 0.15) is 34.8 Å². The van der Waals surface area contributed by atoms with E-state index in [0.29, 0.717) is 23.9 Å². The zero-order valence-corrected chi connectivity index (χ0v) is 12.2. The largest absolute Gasteiger partial charge is 0.461 e. The number of carbonyl (C=O) groups excluding carboxylic acids is 1. The van der Waals surface area contributed by atoms with Crippen molar-refractivity contribution in [2.45, 2.75) is 26.2 Å². The second-order valence-electron chi connectivity index (χ2n) is 4.64. The fourth-order valence-electron chi connectivity index (χ4n) is 2.25. The van der Waals surface area contributed by atoms with E-state index in [-0.39, 0.29) is 18.4 Å². The molecule has 0 bridgehead atoms. The highest BCUT2D eigenvalue weighted by Gasteiger charge is 2.28. The van der Waals surface area contributed by atoms with Gasteiger partial charge in [-0.1, -0.05) is 28.9 Å². The molecule has 2 heterocycles. The molecule has 7 heteroatoms. The lowest BCUT2D eigenvalue weighted by Gasteiger charge is -2.24. The van der Waals surface area contributed by atoms with E-state index in [9.17, 15) is 4.79 Å². The summed E-state index contributed by atoms with van der Waals surface area (Å²) in [7, 11) is 0. The summed E-state index contributed by atoms with van der Waals surface area (Å²) in [4.78, 5) is 11.8. The van der Waals surface area contributed by atoms with Crippen molar-refractivity contribution in [3.8, 4) is 0 Å². The van der Waals surface area contributed by atoms with Crippen molar-refractivity contribution in [1.82, 2.24) is 15.0 Å². The summed E-state index contributed by atoms with van der Waals surface area (Å²) in [6.45, 7) is 2.83. The minimum absolute atomic E-state index is 0.133. The average molecular weight is 308 g/mol. The van der Waals surface area contributed by atoms with Gasteiger partial charge in [0.2, 0.25) is 0 Å². The average Bonchev–Trinajstić information content (AvgIpc) is 2.91. The molecule has 3 rings (SSSR count). The molecule has 1 aromatic heterocycles. The Labute approximate surface area is 126 Å². The van der Waals surface area contributed by atoms with Crippen molar-refractivity contribution in [3.05, 3.63) is 46.2 Å². The molecule has 21 heavy (non-hydrogen) atoms. The maximum Gasteiger partial charge on any atom is 0.360 e. The number of nitrogens with zero attached hydrogens (tertiary/aromatic N) is 3. The molecule has 2 aromatic rings. The van der Waals surface area contributed by atoms with Crippen molar-refractivity contribution in [1.29, 1.82) is 0 Å². The molecule has 0 fully saturated rings. The maximum absolute atomic E-state index is 11.8. The summed E-state index contributed by atoms with van der Waals surface area (Å²) in [6.07, 6.45) is -0.133. The van der Waals surface area contributed by atoms with Gasteiger partial charge >= 0.3 is 5.97 Å². The Hall–Kier alpha value is -1.92. The van der Waals surface area contributed by atoms with Gasteiger partial charge in [0.05, 0.1) is 25.5 Å². The predicted molar refractivity (Wildman–Crippen MR) is 75.0 cm³/mol. The van der Waals surface area contributed by atoms with Gasteiger partial charge < -0.3 is 9.47 Å². The Morgan fingerprint density at radius 1 is 1.48 bits per heavy atom. The monoisotopic (exact) mass is 307 g/mol. The molecular weight excluding hydrogens is 294 g/mol. The molecule has 1 aromatic carbocycles. The van der Waals surface area contributed by atoms with Crippen molar-refractivity contribution < 1.29 is 14.3 Å². The fraction of sp³-hybridized carbons (Fsp3) is 0.357. The number of hydrogen-bond donors (Lipinski definition) is 0.